The molecule has 4 nitrogen and oxygen atoms in total. The minimum Gasteiger partial charge on any atom is -0.287 e. The molecule has 0 radical (unpaired) electrons. The lowest BCUT2D eigenvalue weighted by Crippen LogP contribution is -2.04. The van der Waals surface area contributed by atoms with Crippen LogP contribution in [0.15, 0.2) is 0 Å². The Kier molecular flexibility index (Phi) is 19.9. The van der Waals surface area contributed by atoms with Gasteiger partial charge in [0.2, 0.25) is 0 Å². The summed E-state index contributed by atoms with van der Waals surface area (Å²) in [5.74, 6) is 0. The Hall–Kier alpha value is 0.110. The minimum absolute atomic E-state index is 0.422. The van der Waals surface area contributed by atoms with Crippen molar-refractivity contribution in [3.05, 3.63) is 0 Å². The van der Waals surface area contributed by atoms with E-state index in [4.69, 9.17) is 13.6 Å². The van der Waals surface area contributed by atoms with Crippen molar-refractivity contribution in [1.29, 1.82) is 0 Å². The van der Waals surface area contributed by atoms with Crippen molar-refractivity contribution in [2.24, 2.45) is 0 Å². The fourth-order valence-corrected chi connectivity index (χ4v) is 4.12. The van der Waals surface area contributed by atoms with Gasteiger partial charge in [-0.25, -0.2) is 4.57 Å². The molecule has 0 aromatic rings. The molecule has 0 aliphatic heterocycles. The summed E-state index contributed by atoms with van der Waals surface area (Å²) in [5, 5.41) is 0. The average molecular weight is 393 g/mol. The molecule has 0 rings (SSSR count). The van der Waals surface area contributed by atoms with Gasteiger partial charge in [0.15, 0.2) is 0 Å². The Labute approximate surface area is 163 Å². The summed E-state index contributed by atoms with van der Waals surface area (Å²) in [4.78, 5) is 0. The lowest BCUT2D eigenvalue weighted by atomic mass is 10.1. The fourth-order valence-electron chi connectivity index (χ4n) is 2.79. The largest absolute Gasteiger partial charge is 0.474 e. The molecular formula is C21H45O4P. The molecule has 0 heterocycles. The third-order valence-electron chi connectivity index (χ3n) is 4.45. The van der Waals surface area contributed by atoms with Crippen molar-refractivity contribution >= 4 is 7.82 Å². The van der Waals surface area contributed by atoms with Gasteiger partial charge >= 0.3 is 7.82 Å². The zero-order valence-electron chi connectivity index (χ0n) is 17.8. The van der Waals surface area contributed by atoms with Crippen LogP contribution in [0, 0.1) is 0 Å². The molecule has 0 fully saturated rings. The molecule has 0 amide bonds. The summed E-state index contributed by atoms with van der Waals surface area (Å²) >= 11 is 0. The predicted octanol–water partition coefficient (Wildman–Crippen LogP) is 8.06. The minimum atomic E-state index is -3.37. The monoisotopic (exact) mass is 392 g/mol. The maximum atomic E-state index is 12.7. The van der Waals surface area contributed by atoms with E-state index < -0.39 is 7.82 Å². The SMILES string of the molecule is CCCCCCCCCOP(=O)(OCCC)OCCCCCCCCC. The van der Waals surface area contributed by atoms with E-state index in [1.54, 1.807) is 0 Å². The number of phosphoric acid groups is 1. The Morgan fingerprint density at radius 3 is 1.19 bits per heavy atom. The van der Waals surface area contributed by atoms with E-state index in [1.165, 1.54) is 64.2 Å². The van der Waals surface area contributed by atoms with Crippen LogP contribution in [0.1, 0.15) is 117 Å². The quantitative estimate of drug-likeness (QED) is 0.146. The van der Waals surface area contributed by atoms with Gasteiger partial charge in [0, 0.05) is 0 Å². The Morgan fingerprint density at radius 1 is 0.462 bits per heavy atom. The van der Waals surface area contributed by atoms with Gasteiger partial charge in [-0.2, -0.15) is 0 Å². The van der Waals surface area contributed by atoms with E-state index in [9.17, 15) is 4.57 Å². The number of rotatable bonds is 21. The molecule has 5 heteroatoms. The number of unbranched alkanes of at least 4 members (excludes halogenated alkanes) is 12. The Morgan fingerprint density at radius 2 is 0.808 bits per heavy atom. The van der Waals surface area contributed by atoms with Crippen molar-refractivity contribution in [2.45, 2.75) is 117 Å². The van der Waals surface area contributed by atoms with Gasteiger partial charge in [-0.3, -0.25) is 13.6 Å². The molecule has 0 saturated carbocycles. The van der Waals surface area contributed by atoms with Gasteiger partial charge in [-0.05, 0) is 19.3 Å². The van der Waals surface area contributed by atoms with E-state index in [-0.39, 0.29) is 0 Å². The number of phosphoric ester groups is 1. The standard InChI is InChI=1S/C21H45O4P/c1-4-7-9-11-13-15-17-20-24-26(22,23-19-6-3)25-21-18-16-14-12-10-8-5-2/h4-21H2,1-3H3. The summed E-state index contributed by atoms with van der Waals surface area (Å²) in [6, 6.07) is 0. The van der Waals surface area contributed by atoms with Crippen molar-refractivity contribution in [3.63, 3.8) is 0 Å². The highest BCUT2D eigenvalue weighted by Crippen LogP contribution is 2.49. The molecule has 0 aliphatic rings. The van der Waals surface area contributed by atoms with Crippen molar-refractivity contribution in [1.82, 2.24) is 0 Å². The van der Waals surface area contributed by atoms with Crippen LogP contribution in [0.3, 0.4) is 0 Å². The molecule has 0 spiro atoms. The zero-order chi connectivity index (χ0) is 19.3. The molecule has 0 aromatic heterocycles. The van der Waals surface area contributed by atoms with Crippen LogP contribution < -0.4 is 0 Å². The number of hydrogen-bond donors (Lipinski definition) is 0. The van der Waals surface area contributed by atoms with E-state index >= 15 is 0 Å². The first kappa shape index (κ1) is 26.1. The Bertz CT molecular complexity index is 299. The summed E-state index contributed by atoms with van der Waals surface area (Å²) in [6.07, 6.45) is 17.7. The topological polar surface area (TPSA) is 44.8 Å². The van der Waals surface area contributed by atoms with Crippen LogP contribution in [-0.4, -0.2) is 19.8 Å². The van der Waals surface area contributed by atoms with Gasteiger partial charge in [-0.15, -0.1) is 0 Å². The van der Waals surface area contributed by atoms with E-state index in [0.717, 1.165) is 32.1 Å². The zero-order valence-corrected chi connectivity index (χ0v) is 18.7. The highest BCUT2D eigenvalue weighted by atomic mass is 31.2. The van der Waals surface area contributed by atoms with Crippen molar-refractivity contribution < 1.29 is 18.1 Å². The van der Waals surface area contributed by atoms with Gasteiger partial charge in [0.1, 0.15) is 0 Å². The molecule has 0 N–H and O–H groups in total. The van der Waals surface area contributed by atoms with Crippen LogP contribution >= 0.6 is 7.82 Å². The van der Waals surface area contributed by atoms with Crippen LogP contribution in [0.4, 0.5) is 0 Å². The number of hydrogen-bond acceptors (Lipinski definition) is 4. The summed E-state index contributed by atoms with van der Waals surface area (Å²) < 4.78 is 29.1. The first-order chi connectivity index (χ1) is 12.7. The molecule has 0 aromatic carbocycles. The molecule has 0 unspecified atom stereocenters. The normalized spacial score (nSPS) is 12.0. The molecule has 0 aliphatic carbocycles. The molecular weight excluding hydrogens is 347 g/mol. The lowest BCUT2D eigenvalue weighted by molar-refractivity contribution is 0.110. The maximum Gasteiger partial charge on any atom is 0.474 e. The first-order valence-corrected chi connectivity index (χ1v) is 12.7. The molecule has 0 bridgehead atoms. The van der Waals surface area contributed by atoms with Gasteiger partial charge in [-0.1, -0.05) is 97.8 Å². The predicted molar refractivity (Wildman–Crippen MR) is 112 cm³/mol. The third kappa shape index (κ3) is 17.5. The summed E-state index contributed by atoms with van der Waals surface area (Å²) in [6.45, 7) is 7.81. The van der Waals surface area contributed by atoms with Gasteiger partial charge in [0.25, 0.3) is 0 Å². The van der Waals surface area contributed by atoms with Crippen LogP contribution in [0.25, 0.3) is 0 Å². The smallest absolute Gasteiger partial charge is 0.287 e. The lowest BCUT2D eigenvalue weighted by Gasteiger charge is -2.17. The van der Waals surface area contributed by atoms with Crippen LogP contribution in [-0.2, 0) is 18.1 Å². The van der Waals surface area contributed by atoms with Crippen LogP contribution in [0.5, 0.6) is 0 Å². The third-order valence-corrected chi connectivity index (χ3v) is 5.94. The molecule has 158 valence electrons. The van der Waals surface area contributed by atoms with Crippen molar-refractivity contribution in [2.75, 3.05) is 19.8 Å². The maximum absolute atomic E-state index is 12.7. The van der Waals surface area contributed by atoms with Crippen molar-refractivity contribution in [3.8, 4) is 0 Å². The Balaban J connectivity index is 3.80. The van der Waals surface area contributed by atoms with Crippen LogP contribution in [0.2, 0.25) is 0 Å². The molecule has 0 atom stereocenters. The average Bonchev–Trinajstić information content (AvgIpc) is 2.64. The molecule has 0 saturated heterocycles. The van der Waals surface area contributed by atoms with E-state index in [1.807, 2.05) is 6.92 Å². The van der Waals surface area contributed by atoms with Gasteiger partial charge < -0.3 is 0 Å². The second-order valence-corrected chi connectivity index (χ2v) is 8.86. The highest BCUT2D eigenvalue weighted by Gasteiger charge is 2.25. The second-order valence-electron chi connectivity index (χ2n) is 7.19. The fraction of sp³-hybridized carbons (Fsp3) is 1.00. The second kappa shape index (κ2) is 19.9. The summed E-state index contributed by atoms with van der Waals surface area (Å²) in [5.41, 5.74) is 0. The van der Waals surface area contributed by atoms with Gasteiger partial charge in [0.05, 0.1) is 19.8 Å². The first-order valence-electron chi connectivity index (χ1n) is 11.2. The highest BCUT2D eigenvalue weighted by molar-refractivity contribution is 7.48. The van der Waals surface area contributed by atoms with E-state index in [2.05, 4.69) is 13.8 Å². The summed E-state index contributed by atoms with van der Waals surface area (Å²) in [7, 11) is -3.37. The molecule has 26 heavy (non-hydrogen) atoms. The van der Waals surface area contributed by atoms with E-state index in [0.29, 0.717) is 19.8 Å².